The highest BCUT2D eigenvalue weighted by atomic mass is 35.5. The molecule has 0 fully saturated rings. The van der Waals surface area contributed by atoms with Crippen molar-refractivity contribution in [1.29, 1.82) is 0 Å². The van der Waals surface area contributed by atoms with Gasteiger partial charge in [0.15, 0.2) is 0 Å². The molecule has 1 rings (SSSR count). The molecule has 0 atom stereocenters. The summed E-state index contributed by atoms with van der Waals surface area (Å²) in [4.78, 5) is 4.99. The molecule has 0 heterocycles. The van der Waals surface area contributed by atoms with E-state index in [0.29, 0.717) is 13.2 Å². The molecular formula is C20H25Cl4NO3. The Labute approximate surface area is 187 Å². The Balaban J connectivity index is 2.56. The standard InChI is InChI=1S/C20H25Cl4NO3/c1-3-15-13-17(26-11-7-18(21)22)14-16(4-2)20(15)27-10-6-5-9-25-28-12-8-19(23)24/h7-9,13-14H,3-6,10-12H2,1-2H3/b25-9+. The van der Waals surface area contributed by atoms with Crippen LogP contribution in [0, 0.1) is 0 Å². The van der Waals surface area contributed by atoms with E-state index in [2.05, 4.69) is 19.0 Å². The average Bonchev–Trinajstić information content (AvgIpc) is 2.66. The van der Waals surface area contributed by atoms with Gasteiger partial charge in [0.2, 0.25) is 0 Å². The lowest BCUT2D eigenvalue weighted by atomic mass is 10.0. The van der Waals surface area contributed by atoms with Gasteiger partial charge in [-0.3, -0.25) is 0 Å². The van der Waals surface area contributed by atoms with Crippen LogP contribution in [0.25, 0.3) is 0 Å². The highest BCUT2D eigenvalue weighted by Gasteiger charge is 2.11. The number of rotatable bonds is 13. The molecule has 0 saturated carbocycles. The molecule has 0 amide bonds. The first-order valence-corrected chi connectivity index (χ1v) is 10.6. The molecule has 0 unspecified atom stereocenters. The monoisotopic (exact) mass is 467 g/mol. The summed E-state index contributed by atoms with van der Waals surface area (Å²) < 4.78 is 12.1. The van der Waals surface area contributed by atoms with Crippen molar-refractivity contribution < 1.29 is 14.3 Å². The minimum atomic E-state index is 0.165. The van der Waals surface area contributed by atoms with Gasteiger partial charge in [-0.05, 0) is 61.1 Å². The third-order valence-corrected chi connectivity index (χ3v) is 4.27. The van der Waals surface area contributed by atoms with E-state index in [0.717, 1.165) is 48.3 Å². The van der Waals surface area contributed by atoms with Crippen molar-refractivity contribution in [2.45, 2.75) is 39.5 Å². The predicted octanol–water partition coefficient (Wildman–Crippen LogP) is 6.99. The van der Waals surface area contributed by atoms with Crippen molar-refractivity contribution in [3.8, 4) is 11.5 Å². The van der Waals surface area contributed by atoms with Crippen molar-refractivity contribution in [2.75, 3.05) is 19.8 Å². The second-order valence-electron chi connectivity index (χ2n) is 5.65. The number of aryl methyl sites for hydroxylation is 2. The first-order valence-electron chi connectivity index (χ1n) is 9.05. The number of benzene rings is 1. The second-order valence-corrected chi connectivity index (χ2v) is 7.67. The van der Waals surface area contributed by atoms with Crippen LogP contribution in [0.5, 0.6) is 11.5 Å². The van der Waals surface area contributed by atoms with E-state index in [4.69, 9.17) is 60.7 Å². The van der Waals surface area contributed by atoms with E-state index in [1.54, 1.807) is 12.3 Å². The number of hydrogen-bond acceptors (Lipinski definition) is 4. The first-order chi connectivity index (χ1) is 13.5. The Kier molecular flexibility index (Phi) is 13.3. The van der Waals surface area contributed by atoms with E-state index in [9.17, 15) is 0 Å². The SMILES string of the molecule is CCc1cc(OCC=C(Cl)Cl)cc(CC)c1OCCC/C=N/OCC=C(Cl)Cl. The Hall–Kier alpha value is -1.07. The van der Waals surface area contributed by atoms with Gasteiger partial charge in [0, 0.05) is 6.21 Å². The maximum Gasteiger partial charge on any atom is 0.138 e. The molecule has 156 valence electrons. The van der Waals surface area contributed by atoms with Gasteiger partial charge in [0.05, 0.1) is 6.61 Å². The minimum absolute atomic E-state index is 0.165. The molecule has 0 N–H and O–H groups in total. The molecule has 0 aromatic heterocycles. The van der Waals surface area contributed by atoms with Crippen molar-refractivity contribution in [1.82, 2.24) is 0 Å². The van der Waals surface area contributed by atoms with E-state index >= 15 is 0 Å². The number of ether oxygens (including phenoxy) is 2. The summed E-state index contributed by atoms with van der Waals surface area (Å²) in [5, 5.41) is 3.83. The average molecular weight is 469 g/mol. The molecule has 28 heavy (non-hydrogen) atoms. The molecule has 8 heteroatoms. The fourth-order valence-corrected chi connectivity index (χ4v) is 2.57. The lowest BCUT2D eigenvalue weighted by Gasteiger charge is -2.16. The Morgan fingerprint density at radius 2 is 1.54 bits per heavy atom. The van der Waals surface area contributed by atoms with Gasteiger partial charge in [-0.2, -0.15) is 0 Å². The number of unbranched alkanes of at least 4 members (excludes halogenated alkanes) is 1. The smallest absolute Gasteiger partial charge is 0.138 e. The van der Waals surface area contributed by atoms with Crippen molar-refractivity contribution >= 4 is 52.6 Å². The quantitative estimate of drug-likeness (QED) is 0.178. The van der Waals surface area contributed by atoms with Crippen LogP contribution >= 0.6 is 46.4 Å². The zero-order chi connectivity index (χ0) is 20.8. The fraction of sp³-hybridized carbons (Fsp3) is 0.450. The summed E-state index contributed by atoms with van der Waals surface area (Å²) in [5.41, 5.74) is 2.22. The van der Waals surface area contributed by atoms with Crippen LogP contribution in [0.2, 0.25) is 0 Å². The van der Waals surface area contributed by atoms with Gasteiger partial charge in [-0.15, -0.1) is 0 Å². The topological polar surface area (TPSA) is 40.0 Å². The molecule has 4 nitrogen and oxygen atoms in total. The number of nitrogens with zero attached hydrogens (tertiary/aromatic N) is 1. The molecule has 0 bridgehead atoms. The minimum Gasteiger partial charge on any atom is -0.493 e. The lowest BCUT2D eigenvalue weighted by molar-refractivity contribution is 0.175. The zero-order valence-corrected chi connectivity index (χ0v) is 19.0. The number of oxime groups is 1. The summed E-state index contributed by atoms with van der Waals surface area (Å²) >= 11 is 22.2. The molecule has 0 spiro atoms. The Bertz CT molecular complexity index is 657. The van der Waals surface area contributed by atoms with Crippen LogP contribution < -0.4 is 9.47 Å². The molecule has 0 aliphatic rings. The van der Waals surface area contributed by atoms with Gasteiger partial charge in [0.25, 0.3) is 0 Å². The molecule has 1 aromatic rings. The van der Waals surface area contributed by atoms with Crippen LogP contribution in [0.15, 0.2) is 38.4 Å². The van der Waals surface area contributed by atoms with Crippen LogP contribution in [0.1, 0.15) is 37.8 Å². The van der Waals surface area contributed by atoms with Crippen LogP contribution in [0.3, 0.4) is 0 Å². The summed E-state index contributed by atoms with van der Waals surface area (Å²) in [5.74, 6) is 1.71. The van der Waals surface area contributed by atoms with Gasteiger partial charge in [0.1, 0.15) is 33.7 Å². The second kappa shape index (κ2) is 14.9. The maximum absolute atomic E-state index is 6.05. The van der Waals surface area contributed by atoms with E-state index in [-0.39, 0.29) is 15.6 Å². The predicted molar refractivity (Wildman–Crippen MR) is 119 cm³/mol. The van der Waals surface area contributed by atoms with Crippen LogP contribution in [-0.2, 0) is 17.7 Å². The van der Waals surface area contributed by atoms with Crippen LogP contribution in [-0.4, -0.2) is 26.0 Å². The maximum atomic E-state index is 6.05. The Morgan fingerprint density at radius 3 is 2.11 bits per heavy atom. The highest BCUT2D eigenvalue weighted by Crippen LogP contribution is 2.31. The first kappa shape index (κ1) is 25.0. The molecule has 0 aliphatic heterocycles. The third kappa shape index (κ3) is 10.5. The number of hydrogen-bond donors (Lipinski definition) is 0. The zero-order valence-electron chi connectivity index (χ0n) is 16.0. The van der Waals surface area contributed by atoms with Crippen molar-refractivity contribution in [3.63, 3.8) is 0 Å². The molecular weight excluding hydrogens is 444 g/mol. The largest absolute Gasteiger partial charge is 0.493 e. The van der Waals surface area contributed by atoms with E-state index in [1.807, 2.05) is 12.1 Å². The number of halogens is 4. The van der Waals surface area contributed by atoms with Gasteiger partial charge >= 0.3 is 0 Å². The molecule has 1 aromatic carbocycles. The third-order valence-electron chi connectivity index (χ3n) is 3.65. The van der Waals surface area contributed by atoms with Gasteiger partial charge in [-0.25, -0.2) is 0 Å². The van der Waals surface area contributed by atoms with Gasteiger partial charge in [-0.1, -0.05) is 65.4 Å². The normalized spacial score (nSPS) is 10.6. The summed E-state index contributed by atoms with van der Waals surface area (Å²) in [7, 11) is 0. The Morgan fingerprint density at radius 1 is 0.929 bits per heavy atom. The highest BCUT2D eigenvalue weighted by molar-refractivity contribution is 6.56. The molecule has 0 radical (unpaired) electrons. The summed E-state index contributed by atoms with van der Waals surface area (Å²) in [6.45, 7) is 5.34. The fourth-order valence-electron chi connectivity index (χ4n) is 2.31. The lowest BCUT2D eigenvalue weighted by Crippen LogP contribution is -2.05. The van der Waals surface area contributed by atoms with E-state index in [1.165, 1.54) is 6.08 Å². The van der Waals surface area contributed by atoms with Crippen molar-refractivity contribution in [2.24, 2.45) is 5.16 Å². The van der Waals surface area contributed by atoms with E-state index < -0.39 is 0 Å². The molecule has 0 saturated heterocycles. The van der Waals surface area contributed by atoms with Gasteiger partial charge < -0.3 is 14.3 Å². The van der Waals surface area contributed by atoms with Crippen molar-refractivity contribution in [3.05, 3.63) is 44.4 Å². The molecule has 0 aliphatic carbocycles. The summed E-state index contributed by atoms with van der Waals surface area (Å²) in [6, 6.07) is 3.99. The summed E-state index contributed by atoms with van der Waals surface area (Å²) in [6.07, 6.45) is 8.09. The van der Waals surface area contributed by atoms with Crippen LogP contribution in [0.4, 0.5) is 0 Å².